The summed E-state index contributed by atoms with van der Waals surface area (Å²) in [6.45, 7) is -0.271. The molecule has 22 heavy (non-hydrogen) atoms. The highest BCUT2D eigenvalue weighted by molar-refractivity contribution is 5.33. The van der Waals surface area contributed by atoms with Gasteiger partial charge in [0, 0.05) is 0 Å². The molecule has 1 nitrogen and oxygen atoms in total. The fraction of sp³-hybridized carbons (Fsp3) is 0.526. The molecule has 0 unspecified atom stereocenters. The summed E-state index contributed by atoms with van der Waals surface area (Å²) in [4.78, 5) is 0. The van der Waals surface area contributed by atoms with Crippen LogP contribution in [0, 0.1) is 29.0 Å². The molecule has 0 aliphatic heterocycles. The Morgan fingerprint density at radius 3 is 2.64 bits per heavy atom. The van der Waals surface area contributed by atoms with Crippen LogP contribution in [0.15, 0.2) is 30.4 Å². The monoisotopic (exact) mass is 303 g/mol. The molecular weight excluding hydrogens is 280 g/mol. The van der Waals surface area contributed by atoms with Crippen LogP contribution in [0.1, 0.15) is 49.7 Å². The van der Waals surface area contributed by atoms with E-state index in [-0.39, 0.29) is 12.2 Å². The number of allylic oxidation sites excluding steroid dienone is 2. The molecule has 1 aliphatic rings. The van der Waals surface area contributed by atoms with Crippen molar-refractivity contribution in [3.8, 4) is 6.07 Å². The van der Waals surface area contributed by atoms with Gasteiger partial charge in [0.15, 0.2) is 0 Å². The Labute approximate surface area is 131 Å². The quantitative estimate of drug-likeness (QED) is 0.650. The van der Waals surface area contributed by atoms with E-state index in [1.807, 2.05) is 18.2 Å². The van der Waals surface area contributed by atoms with E-state index in [2.05, 4.69) is 6.08 Å². The van der Waals surface area contributed by atoms with Crippen molar-refractivity contribution in [1.82, 2.24) is 0 Å². The summed E-state index contributed by atoms with van der Waals surface area (Å²) in [6.07, 6.45) is 11.4. The van der Waals surface area contributed by atoms with Crippen LogP contribution in [0.2, 0.25) is 0 Å². The molecule has 1 saturated carbocycles. The molecule has 1 aromatic rings. The number of benzene rings is 1. The van der Waals surface area contributed by atoms with Gasteiger partial charge in [-0.1, -0.05) is 18.2 Å². The summed E-state index contributed by atoms with van der Waals surface area (Å²) < 4.78 is 25.6. The minimum Gasteiger partial charge on any atom is -0.251 e. The topological polar surface area (TPSA) is 23.8 Å². The first kappa shape index (κ1) is 16.7. The number of nitrogens with zero attached hydrogens (tertiary/aromatic N) is 1. The SMILES string of the molecule is N#Cc1ccc(CCC2CCC(C=CCCF)CC2)cc1F. The number of aryl methyl sites for hydroxylation is 1. The van der Waals surface area contributed by atoms with Crippen LogP contribution in [0.3, 0.4) is 0 Å². The van der Waals surface area contributed by atoms with Gasteiger partial charge in [0.25, 0.3) is 0 Å². The Kier molecular flexibility index (Phi) is 6.58. The number of alkyl halides is 1. The smallest absolute Gasteiger partial charge is 0.141 e. The number of halogens is 2. The molecule has 118 valence electrons. The zero-order valence-electron chi connectivity index (χ0n) is 12.9. The molecule has 0 atom stereocenters. The van der Waals surface area contributed by atoms with E-state index in [0.717, 1.165) is 18.4 Å². The van der Waals surface area contributed by atoms with Crippen molar-refractivity contribution in [2.75, 3.05) is 6.67 Å². The molecular formula is C19H23F2N. The van der Waals surface area contributed by atoms with E-state index >= 15 is 0 Å². The molecule has 1 aliphatic carbocycles. The fourth-order valence-electron chi connectivity index (χ4n) is 3.20. The highest BCUT2D eigenvalue weighted by Gasteiger charge is 2.19. The first-order valence-corrected chi connectivity index (χ1v) is 8.14. The Hall–Kier alpha value is -1.69. The van der Waals surface area contributed by atoms with Gasteiger partial charge < -0.3 is 0 Å². The normalized spacial score (nSPS) is 21.9. The third kappa shape index (κ3) is 4.94. The maximum absolute atomic E-state index is 13.6. The van der Waals surface area contributed by atoms with Gasteiger partial charge in [-0.3, -0.25) is 4.39 Å². The van der Waals surface area contributed by atoms with Crippen molar-refractivity contribution in [3.63, 3.8) is 0 Å². The van der Waals surface area contributed by atoms with Crippen LogP contribution in [0.25, 0.3) is 0 Å². The lowest BCUT2D eigenvalue weighted by molar-refractivity contribution is 0.295. The summed E-state index contributed by atoms with van der Waals surface area (Å²) in [7, 11) is 0. The Morgan fingerprint density at radius 2 is 2.00 bits per heavy atom. The van der Waals surface area contributed by atoms with Gasteiger partial charge >= 0.3 is 0 Å². The molecule has 0 radical (unpaired) electrons. The molecule has 0 heterocycles. The van der Waals surface area contributed by atoms with Crippen LogP contribution in [0.5, 0.6) is 0 Å². The summed E-state index contributed by atoms with van der Waals surface area (Å²) in [6, 6.07) is 6.76. The third-order valence-corrected chi connectivity index (χ3v) is 4.57. The summed E-state index contributed by atoms with van der Waals surface area (Å²) in [5.41, 5.74) is 1.09. The van der Waals surface area contributed by atoms with Crippen LogP contribution in [0.4, 0.5) is 8.78 Å². The second kappa shape index (κ2) is 8.68. The van der Waals surface area contributed by atoms with Crippen LogP contribution >= 0.6 is 0 Å². The number of rotatable bonds is 6. The zero-order chi connectivity index (χ0) is 15.8. The molecule has 0 N–H and O–H groups in total. The van der Waals surface area contributed by atoms with Crippen LogP contribution in [-0.2, 0) is 6.42 Å². The average molecular weight is 303 g/mol. The summed E-state index contributed by atoms with van der Waals surface area (Å²) in [5.74, 6) is 0.890. The van der Waals surface area contributed by atoms with Gasteiger partial charge in [-0.25, -0.2) is 4.39 Å². The lowest BCUT2D eigenvalue weighted by atomic mass is 9.79. The largest absolute Gasteiger partial charge is 0.251 e. The predicted octanol–water partition coefficient (Wildman–Crippen LogP) is 5.35. The van der Waals surface area contributed by atoms with E-state index in [1.165, 1.54) is 31.7 Å². The van der Waals surface area contributed by atoms with Crippen molar-refractivity contribution in [1.29, 1.82) is 5.26 Å². The highest BCUT2D eigenvalue weighted by atomic mass is 19.1. The van der Waals surface area contributed by atoms with Gasteiger partial charge in [0.05, 0.1) is 12.2 Å². The predicted molar refractivity (Wildman–Crippen MR) is 84.6 cm³/mol. The van der Waals surface area contributed by atoms with Gasteiger partial charge in [0.2, 0.25) is 0 Å². The van der Waals surface area contributed by atoms with E-state index in [4.69, 9.17) is 5.26 Å². The molecule has 1 fully saturated rings. The molecule has 0 amide bonds. The molecule has 3 heteroatoms. The van der Waals surface area contributed by atoms with Crippen LogP contribution in [-0.4, -0.2) is 6.67 Å². The van der Waals surface area contributed by atoms with Crippen molar-refractivity contribution in [2.24, 2.45) is 11.8 Å². The standard InChI is InChI=1S/C19H23F2N/c20-12-2-1-3-15-4-6-16(7-5-15)8-9-17-10-11-18(14-22)19(21)13-17/h1,3,10-11,13,15-16H,2,4-9,12H2. The number of hydrogen-bond donors (Lipinski definition) is 0. The number of hydrogen-bond acceptors (Lipinski definition) is 1. The van der Waals surface area contributed by atoms with E-state index in [0.29, 0.717) is 18.3 Å². The van der Waals surface area contributed by atoms with Crippen molar-refractivity contribution in [2.45, 2.75) is 44.9 Å². The average Bonchev–Trinajstić information content (AvgIpc) is 2.54. The molecule has 0 spiro atoms. The second-order valence-electron chi connectivity index (χ2n) is 6.15. The highest BCUT2D eigenvalue weighted by Crippen LogP contribution is 2.32. The third-order valence-electron chi connectivity index (χ3n) is 4.57. The minimum absolute atomic E-state index is 0.115. The first-order chi connectivity index (χ1) is 10.7. The van der Waals surface area contributed by atoms with E-state index in [9.17, 15) is 8.78 Å². The lowest BCUT2D eigenvalue weighted by Crippen LogP contribution is -2.13. The fourth-order valence-corrected chi connectivity index (χ4v) is 3.20. The maximum Gasteiger partial charge on any atom is 0.141 e. The van der Waals surface area contributed by atoms with Crippen molar-refractivity contribution >= 4 is 0 Å². The summed E-state index contributed by atoms with van der Waals surface area (Å²) in [5, 5.41) is 8.73. The van der Waals surface area contributed by atoms with Gasteiger partial charge in [-0.15, -0.1) is 0 Å². The summed E-state index contributed by atoms with van der Waals surface area (Å²) >= 11 is 0. The van der Waals surface area contributed by atoms with Crippen LogP contribution < -0.4 is 0 Å². The van der Waals surface area contributed by atoms with E-state index in [1.54, 1.807) is 6.07 Å². The van der Waals surface area contributed by atoms with Crippen molar-refractivity contribution < 1.29 is 8.78 Å². The molecule has 0 bridgehead atoms. The molecule has 0 saturated heterocycles. The Bertz CT molecular complexity index is 537. The molecule has 0 aromatic heterocycles. The minimum atomic E-state index is -0.415. The Morgan fingerprint density at radius 1 is 1.23 bits per heavy atom. The van der Waals surface area contributed by atoms with Gasteiger partial charge in [-0.2, -0.15) is 5.26 Å². The van der Waals surface area contributed by atoms with Gasteiger partial charge in [-0.05, 0) is 74.5 Å². The maximum atomic E-state index is 13.6. The Balaban J connectivity index is 1.75. The molecule has 1 aromatic carbocycles. The van der Waals surface area contributed by atoms with Gasteiger partial charge in [0.1, 0.15) is 11.9 Å². The first-order valence-electron chi connectivity index (χ1n) is 8.14. The number of nitriles is 1. The second-order valence-corrected chi connectivity index (χ2v) is 6.15. The van der Waals surface area contributed by atoms with Crippen molar-refractivity contribution in [3.05, 3.63) is 47.3 Å². The lowest BCUT2D eigenvalue weighted by Gasteiger charge is -2.26. The molecule has 2 rings (SSSR count). The zero-order valence-corrected chi connectivity index (χ0v) is 12.9. The van der Waals surface area contributed by atoms with E-state index < -0.39 is 5.82 Å².